The second kappa shape index (κ2) is 8.15. The van der Waals surface area contributed by atoms with Crippen molar-refractivity contribution in [2.24, 2.45) is 0 Å². The van der Waals surface area contributed by atoms with E-state index < -0.39 is 11.9 Å². The molecule has 0 aliphatic carbocycles. The van der Waals surface area contributed by atoms with Gasteiger partial charge in [-0.15, -0.1) is 11.3 Å². The zero-order chi connectivity index (χ0) is 20.4. The van der Waals surface area contributed by atoms with Crippen LogP contribution < -0.4 is 10.6 Å². The molecule has 3 rings (SSSR count). The zero-order valence-electron chi connectivity index (χ0n) is 15.3. The summed E-state index contributed by atoms with van der Waals surface area (Å²) in [5.74, 6) is -1.39. The Bertz CT molecular complexity index is 1090. The van der Waals surface area contributed by atoms with Gasteiger partial charge in [0.15, 0.2) is 5.76 Å². The number of thiophene rings is 1. The minimum Gasteiger partial charge on any atom is -0.462 e. The molecule has 0 fully saturated rings. The van der Waals surface area contributed by atoms with Gasteiger partial charge in [0.05, 0.1) is 21.5 Å². The monoisotopic (exact) mass is 464 g/mol. The summed E-state index contributed by atoms with van der Waals surface area (Å²) >= 11 is 4.39. The Labute approximate surface area is 173 Å². The number of benzene rings is 1. The Morgan fingerprint density at radius 3 is 2.64 bits per heavy atom. The van der Waals surface area contributed by atoms with Crippen LogP contribution in [0.2, 0.25) is 0 Å². The number of halogens is 1. The van der Waals surface area contributed by atoms with Crippen LogP contribution in [0.15, 0.2) is 33.2 Å². The number of amides is 2. The number of ether oxygens (including phenoxy) is 1. The standard InChI is InChI=1S/C19H17BrN2O5S/c1-4-26-19(25)13-9(2)15(17(24)21-3)28-18(13)22-16(23)12-8-10-6-5-7-11(20)14(10)27-12/h5-8H,4H2,1-3H3,(H,21,24)(H,22,23). The van der Waals surface area contributed by atoms with Gasteiger partial charge >= 0.3 is 5.97 Å². The molecule has 0 unspecified atom stereocenters. The lowest BCUT2D eigenvalue weighted by molar-refractivity contribution is 0.0527. The number of fused-ring (bicyclic) bond motifs is 1. The molecule has 0 atom stereocenters. The van der Waals surface area contributed by atoms with Gasteiger partial charge in [0.25, 0.3) is 11.8 Å². The highest BCUT2D eigenvalue weighted by atomic mass is 79.9. The van der Waals surface area contributed by atoms with Gasteiger partial charge in [0.1, 0.15) is 10.6 Å². The number of anilines is 1. The maximum atomic E-state index is 12.7. The average Bonchev–Trinajstić information content (AvgIpc) is 3.24. The van der Waals surface area contributed by atoms with Gasteiger partial charge in [0, 0.05) is 12.4 Å². The second-order valence-electron chi connectivity index (χ2n) is 5.78. The molecule has 3 aromatic rings. The van der Waals surface area contributed by atoms with Crippen LogP contribution in [-0.4, -0.2) is 31.4 Å². The van der Waals surface area contributed by atoms with E-state index in [1.54, 1.807) is 19.9 Å². The van der Waals surface area contributed by atoms with E-state index in [1.165, 1.54) is 7.05 Å². The first kappa shape index (κ1) is 20.1. The molecule has 0 saturated carbocycles. The minimum absolute atomic E-state index is 0.0873. The van der Waals surface area contributed by atoms with Crippen molar-refractivity contribution in [1.29, 1.82) is 0 Å². The largest absolute Gasteiger partial charge is 0.462 e. The Morgan fingerprint density at radius 2 is 2.00 bits per heavy atom. The summed E-state index contributed by atoms with van der Waals surface area (Å²) in [6, 6.07) is 7.08. The van der Waals surface area contributed by atoms with E-state index in [0.29, 0.717) is 16.0 Å². The van der Waals surface area contributed by atoms with Gasteiger partial charge in [-0.1, -0.05) is 12.1 Å². The summed E-state index contributed by atoms with van der Waals surface area (Å²) < 4.78 is 11.4. The van der Waals surface area contributed by atoms with Crippen LogP contribution in [0.25, 0.3) is 11.0 Å². The fraction of sp³-hybridized carbons (Fsp3) is 0.211. The Morgan fingerprint density at radius 1 is 1.25 bits per heavy atom. The highest BCUT2D eigenvalue weighted by Crippen LogP contribution is 2.35. The van der Waals surface area contributed by atoms with E-state index in [2.05, 4.69) is 26.6 Å². The lowest BCUT2D eigenvalue weighted by Gasteiger charge is -2.06. The molecule has 0 radical (unpaired) electrons. The quantitative estimate of drug-likeness (QED) is 0.546. The minimum atomic E-state index is -0.603. The molecule has 146 valence electrons. The van der Waals surface area contributed by atoms with Gasteiger partial charge in [-0.2, -0.15) is 0 Å². The number of para-hydroxylation sites is 1. The van der Waals surface area contributed by atoms with Gasteiger partial charge in [-0.3, -0.25) is 9.59 Å². The summed E-state index contributed by atoms with van der Waals surface area (Å²) in [6.45, 7) is 3.50. The zero-order valence-corrected chi connectivity index (χ0v) is 17.7. The van der Waals surface area contributed by atoms with E-state index in [9.17, 15) is 14.4 Å². The van der Waals surface area contributed by atoms with Crippen LogP contribution in [0.5, 0.6) is 0 Å². The van der Waals surface area contributed by atoms with E-state index in [1.807, 2.05) is 18.2 Å². The molecule has 1 aromatic carbocycles. The first-order chi connectivity index (χ1) is 13.4. The van der Waals surface area contributed by atoms with E-state index in [4.69, 9.17) is 9.15 Å². The Kier molecular flexibility index (Phi) is 5.85. The van der Waals surface area contributed by atoms with Crippen molar-refractivity contribution in [1.82, 2.24) is 5.32 Å². The first-order valence-corrected chi connectivity index (χ1v) is 10.00. The third-order valence-electron chi connectivity index (χ3n) is 4.01. The lowest BCUT2D eigenvalue weighted by Crippen LogP contribution is -2.18. The molecule has 9 heteroatoms. The number of rotatable bonds is 5. The van der Waals surface area contributed by atoms with E-state index in [-0.39, 0.29) is 28.8 Å². The first-order valence-electron chi connectivity index (χ1n) is 8.39. The van der Waals surface area contributed by atoms with Gasteiger partial charge in [-0.25, -0.2) is 4.79 Å². The molecular weight excluding hydrogens is 448 g/mol. The molecule has 2 amide bonds. The van der Waals surface area contributed by atoms with Crippen molar-refractivity contribution in [2.75, 3.05) is 19.0 Å². The van der Waals surface area contributed by atoms with Crippen molar-refractivity contribution in [3.8, 4) is 0 Å². The van der Waals surface area contributed by atoms with Gasteiger partial charge in [0.2, 0.25) is 0 Å². The molecule has 0 spiro atoms. The molecule has 0 aliphatic heterocycles. The summed E-state index contributed by atoms with van der Waals surface area (Å²) in [7, 11) is 1.50. The number of hydrogen-bond acceptors (Lipinski definition) is 6. The fourth-order valence-electron chi connectivity index (χ4n) is 2.68. The smallest absolute Gasteiger partial charge is 0.341 e. The molecule has 2 heterocycles. The van der Waals surface area contributed by atoms with Crippen LogP contribution in [0.4, 0.5) is 5.00 Å². The molecule has 2 aromatic heterocycles. The van der Waals surface area contributed by atoms with Crippen molar-refractivity contribution in [3.05, 3.63) is 50.5 Å². The Hall–Kier alpha value is -2.65. The van der Waals surface area contributed by atoms with Gasteiger partial charge < -0.3 is 19.8 Å². The van der Waals surface area contributed by atoms with Crippen LogP contribution in [0, 0.1) is 6.92 Å². The third-order valence-corrected chi connectivity index (χ3v) is 5.84. The molecule has 28 heavy (non-hydrogen) atoms. The summed E-state index contributed by atoms with van der Waals surface area (Å²) in [6.07, 6.45) is 0. The van der Waals surface area contributed by atoms with Crippen LogP contribution in [0.3, 0.4) is 0 Å². The molecule has 7 nitrogen and oxygen atoms in total. The van der Waals surface area contributed by atoms with Gasteiger partial charge in [-0.05, 0) is 47.5 Å². The van der Waals surface area contributed by atoms with Crippen molar-refractivity contribution >= 4 is 61.0 Å². The number of hydrogen-bond donors (Lipinski definition) is 2. The van der Waals surface area contributed by atoms with E-state index in [0.717, 1.165) is 21.2 Å². The molecule has 0 aliphatic rings. The highest BCUT2D eigenvalue weighted by molar-refractivity contribution is 9.10. The van der Waals surface area contributed by atoms with Crippen molar-refractivity contribution in [2.45, 2.75) is 13.8 Å². The number of nitrogens with one attached hydrogen (secondary N) is 2. The summed E-state index contributed by atoms with van der Waals surface area (Å²) in [5, 5.41) is 6.20. The van der Waals surface area contributed by atoms with Crippen molar-refractivity contribution in [3.63, 3.8) is 0 Å². The molecule has 0 saturated heterocycles. The van der Waals surface area contributed by atoms with Crippen LogP contribution >= 0.6 is 27.3 Å². The topological polar surface area (TPSA) is 97.6 Å². The average molecular weight is 465 g/mol. The maximum Gasteiger partial charge on any atom is 0.341 e. The predicted molar refractivity (Wildman–Crippen MR) is 110 cm³/mol. The fourth-order valence-corrected chi connectivity index (χ4v) is 4.28. The normalized spacial score (nSPS) is 10.7. The lowest BCUT2D eigenvalue weighted by atomic mass is 10.1. The van der Waals surface area contributed by atoms with Crippen LogP contribution in [-0.2, 0) is 4.74 Å². The molecular formula is C19H17BrN2O5S. The number of carbonyl (C=O) groups excluding carboxylic acids is 3. The number of furan rings is 1. The molecule has 2 N–H and O–H groups in total. The van der Waals surface area contributed by atoms with Crippen molar-refractivity contribution < 1.29 is 23.5 Å². The van der Waals surface area contributed by atoms with Crippen LogP contribution in [0.1, 0.15) is 43.1 Å². The second-order valence-corrected chi connectivity index (χ2v) is 7.66. The number of esters is 1. The maximum absolute atomic E-state index is 12.7. The SMILES string of the molecule is CCOC(=O)c1c(NC(=O)c2cc3cccc(Br)c3o2)sc(C(=O)NC)c1C. The highest BCUT2D eigenvalue weighted by Gasteiger charge is 2.27. The molecule has 0 bridgehead atoms. The number of carbonyl (C=O) groups is 3. The predicted octanol–water partition coefficient (Wildman–Crippen LogP) is 4.35. The summed E-state index contributed by atoms with van der Waals surface area (Å²) in [4.78, 5) is 37.5. The summed E-state index contributed by atoms with van der Waals surface area (Å²) in [5.41, 5.74) is 1.16. The third kappa shape index (κ3) is 3.67. The Balaban J connectivity index is 1.99. The van der Waals surface area contributed by atoms with E-state index >= 15 is 0 Å².